The average molecular weight is 533 g/mol. The van der Waals surface area contributed by atoms with Crippen molar-refractivity contribution in [3.05, 3.63) is 65.2 Å². The summed E-state index contributed by atoms with van der Waals surface area (Å²) in [6.45, 7) is 6.51. The normalized spacial score (nSPS) is 20.2. The number of hydrogen-bond donors (Lipinski definition) is 0. The Morgan fingerprint density at radius 3 is 2.54 bits per heavy atom. The number of hydrogen-bond acceptors (Lipinski definition) is 6. The Morgan fingerprint density at radius 1 is 1.08 bits per heavy atom. The van der Waals surface area contributed by atoms with E-state index in [0.717, 1.165) is 67.9 Å². The van der Waals surface area contributed by atoms with Crippen molar-refractivity contribution in [3.63, 3.8) is 0 Å². The lowest BCUT2D eigenvalue weighted by molar-refractivity contribution is -0.144. The van der Waals surface area contributed by atoms with Gasteiger partial charge in [-0.05, 0) is 37.5 Å². The number of nitrogens with zero attached hydrogens (tertiary/aromatic N) is 4. The summed E-state index contributed by atoms with van der Waals surface area (Å²) in [6, 6.07) is 15.9. The van der Waals surface area contributed by atoms with Crippen LogP contribution in [-0.2, 0) is 14.3 Å². The Labute approximate surface area is 231 Å². The van der Waals surface area contributed by atoms with Crippen molar-refractivity contribution in [3.8, 4) is 5.75 Å². The smallest absolute Gasteiger partial charge is 0.262 e. The molecule has 1 saturated heterocycles. The second-order valence-corrected chi connectivity index (χ2v) is 10.8. The summed E-state index contributed by atoms with van der Waals surface area (Å²) < 4.78 is 10.9. The monoisotopic (exact) mass is 532 g/mol. The fourth-order valence-corrected chi connectivity index (χ4v) is 5.79. The molecule has 8 nitrogen and oxygen atoms in total. The lowest BCUT2D eigenvalue weighted by Gasteiger charge is -2.32. The Kier molecular flexibility index (Phi) is 8.94. The van der Waals surface area contributed by atoms with Gasteiger partial charge in [-0.25, -0.2) is 5.01 Å². The van der Waals surface area contributed by atoms with E-state index in [1.807, 2.05) is 24.3 Å². The molecule has 5 rings (SSSR count). The molecular weight excluding hydrogens is 492 g/mol. The van der Waals surface area contributed by atoms with Crippen LogP contribution < -0.4 is 4.74 Å². The molecule has 8 heteroatoms. The number of amides is 2. The molecule has 1 atom stereocenters. The molecule has 0 bridgehead atoms. The van der Waals surface area contributed by atoms with Crippen molar-refractivity contribution in [2.45, 2.75) is 45.1 Å². The third-order valence-electron chi connectivity index (χ3n) is 8.16. The molecule has 3 aliphatic rings. The highest BCUT2D eigenvalue weighted by molar-refractivity contribution is 6.03. The predicted molar refractivity (Wildman–Crippen MR) is 151 cm³/mol. The lowest BCUT2D eigenvalue weighted by Crippen LogP contribution is -2.47. The van der Waals surface area contributed by atoms with Crippen LogP contribution >= 0.6 is 0 Å². The maximum absolute atomic E-state index is 13.9. The second-order valence-electron chi connectivity index (χ2n) is 10.8. The van der Waals surface area contributed by atoms with Crippen LogP contribution in [0, 0.1) is 12.8 Å². The molecule has 0 aromatic heterocycles. The van der Waals surface area contributed by atoms with Gasteiger partial charge >= 0.3 is 0 Å². The molecule has 208 valence electrons. The zero-order valence-corrected chi connectivity index (χ0v) is 23.2. The topological polar surface area (TPSA) is 74.7 Å². The number of rotatable bonds is 9. The van der Waals surface area contributed by atoms with Gasteiger partial charge in [0.15, 0.2) is 0 Å². The van der Waals surface area contributed by atoms with Crippen LogP contribution in [0.25, 0.3) is 0 Å². The van der Waals surface area contributed by atoms with E-state index in [-0.39, 0.29) is 30.3 Å². The summed E-state index contributed by atoms with van der Waals surface area (Å²) in [5, 5.41) is 6.47. The van der Waals surface area contributed by atoms with Crippen molar-refractivity contribution in [2.75, 3.05) is 53.0 Å². The molecule has 1 aliphatic carbocycles. The maximum Gasteiger partial charge on any atom is 0.262 e. The number of ether oxygens (including phenoxy) is 2. The summed E-state index contributed by atoms with van der Waals surface area (Å²) in [5.41, 5.74) is 3.99. The first-order chi connectivity index (χ1) is 19.0. The summed E-state index contributed by atoms with van der Waals surface area (Å²) in [4.78, 5) is 31.6. The van der Waals surface area contributed by atoms with Crippen LogP contribution in [0.4, 0.5) is 0 Å². The van der Waals surface area contributed by atoms with Gasteiger partial charge in [0.25, 0.3) is 5.91 Å². The fourth-order valence-electron chi connectivity index (χ4n) is 5.79. The first kappa shape index (κ1) is 27.3. The largest absolute Gasteiger partial charge is 0.497 e. The van der Waals surface area contributed by atoms with Crippen LogP contribution in [0.1, 0.15) is 54.8 Å². The number of benzene rings is 2. The highest BCUT2D eigenvalue weighted by Gasteiger charge is 2.36. The van der Waals surface area contributed by atoms with Gasteiger partial charge in [-0.15, -0.1) is 0 Å². The van der Waals surface area contributed by atoms with Gasteiger partial charge in [-0.2, -0.15) is 5.10 Å². The highest BCUT2D eigenvalue weighted by atomic mass is 16.5. The number of aryl methyl sites for hydroxylation is 1. The van der Waals surface area contributed by atoms with Crippen LogP contribution in [0.5, 0.6) is 5.75 Å². The minimum absolute atomic E-state index is 0.0183. The molecule has 0 N–H and O–H groups in total. The van der Waals surface area contributed by atoms with Gasteiger partial charge in [0, 0.05) is 44.1 Å². The average Bonchev–Trinajstić information content (AvgIpc) is 3.67. The molecule has 2 fully saturated rings. The number of carbonyl (C=O) groups is 2. The summed E-state index contributed by atoms with van der Waals surface area (Å²) >= 11 is 0. The van der Waals surface area contributed by atoms with Gasteiger partial charge < -0.3 is 14.4 Å². The molecule has 2 heterocycles. The Hall–Kier alpha value is -3.23. The van der Waals surface area contributed by atoms with Crippen molar-refractivity contribution in [1.82, 2.24) is 14.8 Å². The van der Waals surface area contributed by atoms with Crippen LogP contribution in [0.2, 0.25) is 0 Å². The third kappa shape index (κ3) is 6.68. The maximum atomic E-state index is 13.9. The molecule has 2 amide bonds. The van der Waals surface area contributed by atoms with Crippen molar-refractivity contribution < 1.29 is 19.1 Å². The molecule has 0 radical (unpaired) electrons. The van der Waals surface area contributed by atoms with Crippen LogP contribution in [0.15, 0.2) is 53.6 Å². The van der Waals surface area contributed by atoms with E-state index in [9.17, 15) is 9.59 Å². The standard InChI is InChI=1S/C31H40N4O4/c1-23-10-12-24(13-11-23)29-21-28(26-8-5-9-27(20-26)38-2)32-35(29)30(36)22-34(31(37)25-6-3-4-7-25)15-14-33-16-18-39-19-17-33/h5,8-13,20,25,29H,3-4,6-7,14-19,21-22H2,1-2H3. The van der Waals surface area contributed by atoms with E-state index in [4.69, 9.17) is 14.6 Å². The van der Waals surface area contributed by atoms with E-state index in [1.165, 1.54) is 5.56 Å². The van der Waals surface area contributed by atoms with Crippen LogP contribution in [-0.4, -0.2) is 85.4 Å². The van der Waals surface area contributed by atoms with Crippen LogP contribution in [0.3, 0.4) is 0 Å². The van der Waals surface area contributed by atoms with Gasteiger partial charge in [-0.3, -0.25) is 14.5 Å². The Balaban J connectivity index is 1.38. The minimum Gasteiger partial charge on any atom is -0.497 e. The van der Waals surface area contributed by atoms with Crippen molar-refractivity contribution in [1.29, 1.82) is 0 Å². The van der Waals surface area contributed by atoms with Gasteiger partial charge in [0.05, 0.1) is 32.1 Å². The van der Waals surface area contributed by atoms with E-state index in [0.29, 0.717) is 26.2 Å². The number of morpholine rings is 1. The molecule has 2 aliphatic heterocycles. The lowest BCUT2D eigenvalue weighted by atomic mass is 9.97. The van der Waals surface area contributed by atoms with E-state index >= 15 is 0 Å². The second kappa shape index (κ2) is 12.7. The van der Waals surface area contributed by atoms with Crippen molar-refractivity contribution >= 4 is 17.5 Å². The predicted octanol–water partition coefficient (Wildman–Crippen LogP) is 4.03. The van der Waals surface area contributed by atoms with E-state index in [1.54, 1.807) is 17.0 Å². The van der Waals surface area contributed by atoms with Gasteiger partial charge in [0.1, 0.15) is 12.3 Å². The van der Waals surface area contributed by atoms with Gasteiger partial charge in [0.2, 0.25) is 5.91 Å². The zero-order valence-electron chi connectivity index (χ0n) is 23.2. The number of hydrazone groups is 1. The molecule has 2 aromatic rings. The Morgan fingerprint density at radius 2 is 1.82 bits per heavy atom. The SMILES string of the molecule is COc1cccc(C2=NN(C(=O)CN(CCN3CCOCC3)C(=O)C3CCCC3)C(c3ccc(C)cc3)C2)c1. The summed E-state index contributed by atoms with van der Waals surface area (Å²) in [7, 11) is 1.65. The third-order valence-corrected chi connectivity index (χ3v) is 8.16. The molecule has 1 unspecified atom stereocenters. The quantitative estimate of drug-likeness (QED) is 0.488. The Bertz CT molecular complexity index is 1170. The van der Waals surface area contributed by atoms with Gasteiger partial charge in [-0.1, -0.05) is 54.8 Å². The molecular formula is C31H40N4O4. The van der Waals surface area contributed by atoms with E-state index in [2.05, 4.69) is 36.1 Å². The number of methoxy groups -OCH3 is 1. The first-order valence-electron chi connectivity index (χ1n) is 14.2. The molecule has 0 spiro atoms. The molecule has 2 aromatic carbocycles. The first-order valence-corrected chi connectivity index (χ1v) is 14.2. The van der Waals surface area contributed by atoms with Crippen molar-refractivity contribution in [2.24, 2.45) is 11.0 Å². The van der Waals surface area contributed by atoms with E-state index < -0.39 is 0 Å². The zero-order chi connectivity index (χ0) is 27.2. The molecule has 39 heavy (non-hydrogen) atoms. The number of carbonyl (C=O) groups excluding carboxylic acids is 2. The molecule has 1 saturated carbocycles. The minimum atomic E-state index is -0.220. The highest BCUT2D eigenvalue weighted by Crippen LogP contribution is 2.34. The fraction of sp³-hybridized carbons (Fsp3) is 0.516. The summed E-state index contributed by atoms with van der Waals surface area (Å²) in [6.07, 6.45) is 4.59. The summed E-state index contributed by atoms with van der Waals surface area (Å²) in [5.74, 6) is 0.733.